The normalized spacial score (nSPS) is 10.7. The number of aromatic carboxylic acids is 1. The van der Waals surface area contributed by atoms with Crippen molar-refractivity contribution in [1.29, 1.82) is 0 Å². The molecule has 0 atom stereocenters. The fraction of sp³-hybridized carbons (Fsp3) is 0.0556. The molecule has 0 bridgehead atoms. The van der Waals surface area contributed by atoms with Gasteiger partial charge in [-0.3, -0.25) is 4.79 Å². The van der Waals surface area contributed by atoms with Crippen LogP contribution in [0.4, 0.5) is 0 Å². The molecule has 1 N–H and O–H groups in total. The Balaban J connectivity index is 2.30. The van der Waals surface area contributed by atoms with Crippen LogP contribution in [0.2, 0.25) is 10.0 Å². The van der Waals surface area contributed by atoms with Crippen molar-refractivity contribution in [3.05, 3.63) is 74.5 Å². The van der Waals surface area contributed by atoms with E-state index in [0.29, 0.717) is 27.0 Å². The van der Waals surface area contributed by atoms with Gasteiger partial charge in [-0.1, -0.05) is 23.2 Å². The summed E-state index contributed by atoms with van der Waals surface area (Å²) in [5.74, 6) is -1.39. The van der Waals surface area contributed by atoms with Crippen LogP contribution in [0.25, 0.3) is 16.9 Å². The maximum Gasteiger partial charge on any atom is 0.360 e. The van der Waals surface area contributed by atoms with Gasteiger partial charge in [-0.05, 0) is 48.7 Å². The second kappa shape index (κ2) is 7.53. The number of carboxylic acids is 1. The summed E-state index contributed by atoms with van der Waals surface area (Å²) in [6.45, 7) is 0. The lowest BCUT2D eigenvalue weighted by molar-refractivity contribution is 0.0687. The van der Waals surface area contributed by atoms with Crippen LogP contribution in [-0.2, 0) is 0 Å². The second-order valence-electron chi connectivity index (χ2n) is 5.28. The standard InChI is InChI=1S/C18H12Cl2N2O3S/c1-26-12-5-3-11(4-6-12)22-15(9-16(23)17(21-22)18(24)25)13-7-2-10(19)8-14(13)20/h2-9H,1H3,(H,24,25). The molecule has 5 nitrogen and oxygen atoms in total. The number of carboxylic acid groups (broad SMARTS) is 1. The summed E-state index contributed by atoms with van der Waals surface area (Å²) in [6, 6.07) is 13.4. The van der Waals surface area contributed by atoms with Crippen molar-refractivity contribution < 1.29 is 9.90 Å². The number of rotatable bonds is 4. The van der Waals surface area contributed by atoms with Gasteiger partial charge in [0.2, 0.25) is 11.1 Å². The molecule has 0 aliphatic rings. The summed E-state index contributed by atoms with van der Waals surface area (Å²) in [4.78, 5) is 24.6. The van der Waals surface area contributed by atoms with Crippen molar-refractivity contribution in [2.45, 2.75) is 4.90 Å². The summed E-state index contributed by atoms with van der Waals surface area (Å²) < 4.78 is 1.39. The largest absolute Gasteiger partial charge is 0.476 e. The third-order valence-corrected chi connectivity index (χ3v) is 4.95. The minimum Gasteiger partial charge on any atom is -0.476 e. The summed E-state index contributed by atoms with van der Waals surface area (Å²) in [5, 5.41) is 14.1. The predicted octanol–water partition coefficient (Wildman–Crippen LogP) is 4.63. The lowest BCUT2D eigenvalue weighted by atomic mass is 10.1. The Morgan fingerprint density at radius 3 is 2.38 bits per heavy atom. The van der Waals surface area contributed by atoms with Crippen LogP contribution in [0, 0.1) is 0 Å². The molecule has 0 aliphatic carbocycles. The van der Waals surface area contributed by atoms with E-state index in [2.05, 4.69) is 5.10 Å². The fourth-order valence-electron chi connectivity index (χ4n) is 2.41. The molecule has 1 heterocycles. The zero-order chi connectivity index (χ0) is 18.8. The van der Waals surface area contributed by atoms with Gasteiger partial charge in [-0.15, -0.1) is 11.8 Å². The molecule has 3 aromatic rings. The van der Waals surface area contributed by atoms with Crippen LogP contribution in [0.3, 0.4) is 0 Å². The molecule has 0 saturated heterocycles. The number of aromatic nitrogens is 2. The van der Waals surface area contributed by atoms with Crippen LogP contribution in [-0.4, -0.2) is 27.1 Å². The Hall–Kier alpha value is -2.28. The van der Waals surface area contributed by atoms with E-state index < -0.39 is 17.1 Å². The maximum absolute atomic E-state index is 12.2. The van der Waals surface area contributed by atoms with Gasteiger partial charge in [-0.2, -0.15) is 5.10 Å². The topological polar surface area (TPSA) is 72.2 Å². The van der Waals surface area contributed by atoms with Gasteiger partial charge in [0.05, 0.1) is 16.4 Å². The zero-order valence-electron chi connectivity index (χ0n) is 13.4. The molecule has 0 saturated carbocycles. The summed E-state index contributed by atoms with van der Waals surface area (Å²) in [7, 11) is 0. The maximum atomic E-state index is 12.2. The number of carbonyl (C=O) groups is 1. The quantitative estimate of drug-likeness (QED) is 0.639. The van der Waals surface area contributed by atoms with Gasteiger partial charge >= 0.3 is 5.97 Å². The zero-order valence-corrected chi connectivity index (χ0v) is 15.8. The van der Waals surface area contributed by atoms with Gasteiger partial charge in [0.1, 0.15) is 0 Å². The number of nitrogens with zero attached hydrogens (tertiary/aromatic N) is 2. The van der Waals surface area contributed by atoms with E-state index in [1.54, 1.807) is 42.1 Å². The van der Waals surface area contributed by atoms with Crippen LogP contribution in [0.5, 0.6) is 0 Å². The Kier molecular flexibility index (Phi) is 5.36. The first kappa shape index (κ1) is 18.5. The van der Waals surface area contributed by atoms with Gasteiger partial charge in [0.15, 0.2) is 0 Å². The highest BCUT2D eigenvalue weighted by Gasteiger charge is 2.18. The monoisotopic (exact) mass is 406 g/mol. The van der Waals surface area contributed by atoms with Crippen molar-refractivity contribution in [2.24, 2.45) is 0 Å². The first-order valence-corrected chi connectivity index (χ1v) is 9.36. The molecule has 2 aromatic carbocycles. The molecule has 26 heavy (non-hydrogen) atoms. The third-order valence-electron chi connectivity index (χ3n) is 3.66. The Morgan fingerprint density at radius 1 is 1.12 bits per heavy atom. The van der Waals surface area contributed by atoms with Crippen molar-refractivity contribution in [1.82, 2.24) is 9.78 Å². The minimum atomic E-state index is -1.39. The van der Waals surface area contributed by atoms with E-state index in [-0.39, 0.29) is 0 Å². The van der Waals surface area contributed by atoms with Crippen molar-refractivity contribution >= 4 is 40.9 Å². The lowest BCUT2D eigenvalue weighted by Crippen LogP contribution is -2.22. The van der Waals surface area contributed by atoms with Crippen molar-refractivity contribution in [3.63, 3.8) is 0 Å². The molecular weight excluding hydrogens is 395 g/mol. The van der Waals surface area contributed by atoms with Crippen LogP contribution >= 0.6 is 35.0 Å². The highest BCUT2D eigenvalue weighted by atomic mass is 35.5. The highest BCUT2D eigenvalue weighted by molar-refractivity contribution is 7.98. The van der Waals surface area contributed by atoms with Crippen molar-refractivity contribution in [3.8, 4) is 16.9 Å². The van der Waals surface area contributed by atoms with Crippen LogP contribution in [0.1, 0.15) is 10.5 Å². The van der Waals surface area contributed by atoms with E-state index in [9.17, 15) is 14.7 Å². The van der Waals surface area contributed by atoms with E-state index in [1.165, 1.54) is 10.7 Å². The molecule has 8 heteroatoms. The molecule has 0 unspecified atom stereocenters. The number of hydrogen-bond acceptors (Lipinski definition) is 4. The average molecular weight is 407 g/mol. The Bertz CT molecular complexity index is 1050. The Labute approximate surface area is 163 Å². The summed E-state index contributed by atoms with van der Waals surface area (Å²) >= 11 is 13.8. The van der Waals surface area contributed by atoms with Gasteiger partial charge < -0.3 is 5.11 Å². The molecule has 0 radical (unpaired) electrons. The molecule has 3 rings (SSSR count). The molecule has 0 spiro atoms. The molecular formula is C18H12Cl2N2O3S. The molecule has 0 aliphatic heterocycles. The smallest absolute Gasteiger partial charge is 0.360 e. The number of hydrogen-bond donors (Lipinski definition) is 1. The number of halogens is 2. The first-order valence-electron chi connectivity index (χ1n) is 7.38. The summed E-state index contributed by atoms with van der Waals surface area (Å²) in [6.07, 6.45) is 1.95. The molecule has 0 fully saturated rings. The second-order valence-corrected chi connectivity index (χ2v) is 7.00. The van der Waals surface area contributed by atoms with E-state index in [1.807, 2.05) is 18.4 Å². The Morgan fingerprint density at radius 2 is 1.81 bits per heavy atom. The van der Waals surface area contributed by atoms with Crippen LogP contribution in [0.15, 0.2) is 58.2 Å². The fourth-order valence-corrected chi connectivity index (χ4v) is 3.33. The number of benzene rings is 2. The first-order chi connectivity index (χ1) is 12.4. The SMILES string of the molecule is CSc1ccc(-n2nc(C(=O)O)c(=O)cc2-c2ccc(Cl)cc2Cl)cc1. The van der Waals surface area contributed by atoms with Gasteiger partial charge in [-0.25, -0.2) is 9.48 Å². The van der Waals surface area contributed by atoms with Gasteiger partial charge in [0.25, 0.3) is 0 Å². The number of thioether (sulfide) groups is 1. The van der Waals surface area contributed by atoms with Crippen molar-refractivity contribution in [2.75, 3.05) is 6.26 Å². The van der Waals surface area contributed by atoms with Gasteiger partial charge in [0, 0.05) is 21.5 Å². The van der Waals surface area contributed by atoms with Crippen LogP contribution < -0.4 is 5.43 Å². The van der Waals surface area contributed by atoms with E-state index >= 15 is 0 Å². The highest BCUT2D eigenvalue weighted by Crippen LogP contribution is 2.31. The molecule has 132 valence electrons. The third kappa shape index (κ3) is 3.62. The van der Waals surface area contributed by atoms with E-state index in [0.717, 1.165) is 4.90 Å². The molecule has 1 aromatic heterocycles. The van der Waals surface area contributed by atoms with E-state index in [4.69, 9.17) is 23.2 Å². The molecule has 0 amide bonds. The minimum absolute atomic E-state index is 0.330. The average Bonchev–Trinajstić information content (AvgIpc) is 2.61. The summed E-state index contributed by atoms with van der Waals surface area (Å²) in [5.41, 5.74) is 0.236. The predicted molar refractivity (Wildman–Crippen MR) is 104 cm³/mol. The lowest BCUT2D eigenvalue weighted by Gasteiger charge is -2.14.